The van der Waals surface area contributed by atoms with Gasteiger partial charge >= 0.3 is 7.82 Å². The fraction of sp³-hybridized carbons (Fsp3) is 0.562. The first-order valence-electron chi connectivity index (χ1n) is 8.98. The molecule has 30 heavy (non-hydrogen) atoms. The van der Waals surface area contributed by atoms with Crippen LogP contribution >= 0.6 is 19.6 Å². The summed E-state index contributed by atoms with van der Waals surface area (Å²) < 4.78 is 22.4. The van der Waals surface area contributed by atoms with E-state index in [-0.39, 0.29) is 0 Å². The number of hydrogen-bond donors (Lipinski definition) is 5. The highest BCUT2D eigenvalue weighted by molar-refractivity contribution is 7.98. The van der Waals surface area contributed by atoms with E-state index in [1.165, 1.54) is 22.7 Å². The van der Waals surface area contributed by atoms with E-state index in [0.717, 1.165) is 5.57 Å². The normalized spacial score (nSPS) is 24.4. The number of nitrogens with zero attached hydrogens (tertiary/aromatic N) is 4. The van der Waals surface area contributed by atoms with Crippen molar-refractivity contribution in [1.29, 1.82) is 0 Å². The summed E-state index contributed by atoms with van der Waals surface area (Å²) in [4.78, 5) is 30.9. The van der Waals surface area contributed by atoms with Crippen LogP contribution in [0.15, 0.2) is 23.1 Å². The Kier molecular flexibility index (Phi) is 7.15. The molecule has 0 amide bonds. The molecule has 12 nitrogen and oxygen atoms in total. The minimum absolute atomic E-state index is 0.377. The largest absolute Gasteiger partial charge is 0.469 e. The fourth-order valence-electron chi connectivity index (χ4n) is 2.92. The zero-order chi connectivity index (χ0) is 22.1. The number of phosphoric acid groups is 1. The first kappa shape index (κ1) is 23.1. The smallest absolute Gasteiger partial charge is 0.387 e. The SMILES string of the molecule is CSc1nc(NCC=C(C)C)c2ncn([C@@H]3O[C@H](COP(=O)(O)O)[C@@H](O)[C@H]3O)c2n1. The van der Waals surface area contributed by atoms with Crippen molar-refractivity contribution in [3.8, 4) is 0 Å². The zero-order valence-electron chi connectivity index (χ0n) is 16.5. The van der Waals surface area contributed by atoms with Gasteiger partial charge in [-0.3, -0.25) is 9.09 Å². The van der Waals surface area contributed by atoms with Crippen LogP contribution in [0.5, 0.6) is 0 Å². The average molecular weight is 461 g/mol. The predicted molar refractivity (Wildman–Crippen MR) is 109 cm³/mol. The highest BCUT2D eigenvalue weighted by Gasteiger charge is 2.45. The third-order valence-electron chi connectivity index (χ3n) is 4.38. The van der Waals surface area contributed by atoms with Gasteiger partial charge < -0.3 is 30.1 Å². The maximum absolute atomic E-state index is 10.9. The number of rotatable bonds is 8. The summed E-state index contributed by atoms with van der Waals surface area (Å²) in [6.45, 7) is 3.91. The van der Waals surface area contributed by atoms with Crippen molar-refractivity contribution in [2.24, 2.45) is 0 Å². The molecule has 0 unspecified atom stereocenters. The number of aliphatic hydroxyl groups excluding tert-OH is 2. The fourth-order valence-corrected chi connectivity index (χ4v) is 3.62. The quantitative estimate of drug-likeness (QED) is 0.161. The van der Waals surface area contributed by atoms with Crippen LogP contribution in [0.3, 0.4) is 0 Å². The molecule has 0 aromatic carbocycles. The molecular weight excluding hydrogens is 437 g/mol. The maximum atomic E-state index is 10.9. The van der Waals surface area contributed by atoms with Crippen molar-refractivity contribution in [3.05, 3.63) is 18.0 Å². The van der Waals surface area contributed by atoms with Crippen molar-refractivity contribution < 1.29 is 33.8 Å². The Hall–Kier alpha value is -1.57. The van der Waals surface area contributed by atoms with Crippen LogP contribution in [-0.4, -0.2) is 77.2 Å². The molecular formula is C16H24N5O7PS. The average Bonchev–Trinajstić information content (AvgIpc) is 3.21. The van der Waals surface area contributed by atoms with Gasteiger partial charge in [0.05, 0.1) is 12.9 Å². The zero-order valence-corrected chi connectivity index (χ0v) is 18.2. The lowest BCUT2D eigenvalue weighted by molar-refractivity contribution is -0.0504. The van der Waals surface area contributed by atoms with E-state index in [4.69, 9.17) is 14.5 Å². The van der Waals surface area contributed by atoms with Crippen LogP contribution in [0.1, 0.15) is 20.1 Å². The summed E-state index contributed by atoms with van der Waals surface area (Å²) in [6, 6.07) is 0. The Labute approximate surface area is 176 Å². The van der Waals surface area contributed by atoms with E-state index in [0.29, 0.717) is 28.7 Å². The van der Waals surface area contributed by atoms with Gasteiger partial charge in [-0.15, -0.1) is 0 Å². The van der Waals surface area contributed by atoms with E-state index in [1.54, 1.807) is 0 Å². The van der Waals surface area contributed by atoms with Gasteiger partial charge in [-0.05, 0) is 20.1 Å². The van der Waals surface area contributed by atoms with Crippen LogP contribution in [0.2, 0.25) is 0 Å². The van der Waals surface area contributed by atoms with Crippen LogP contribution in [0.4, 0.5) is 5.82 Å². The monoisotopic (exact) mass is 461 g/mol. The Morgan fingerprint density at radius 3 is 2.73 bits per heavy atom. The van der Waals surface area contributed by atoms with Crippen molar-refractivity contribution in [2.75, 3.05) is 24.7 Å². The number of anilines is 1. The highest BCUT2D eigenvalue weighted by Crippen LogP contribution is 2.39. The van der Waals surface area contributed by atoms with Gasteiger partial charge in [0.15, 0.2) is 28.4 Å². The first-order valence-corrected chi connectivity index (χ1v) is 11.7. The van der Waals surface area contributed by atoms with Crippen LogP contribution in [-0.2, 0) is 13.8 Å². The molecule has 4 atom stereocenters. The number of imidazole rings is 1. The van der Waals surface area contributed by atoms with E-state index in [1.807, 2.05) is 26.2 Å². The molecule has 1 aliphatic rings. The van der Waals surface area contributed by atoms with Crippen LogP contribution in [0.25, 0.3) is 11.2 Å². The number of fused-ring (bicyclic) bond motifs is 1. The van der Waals surface area contributed by atoms with Crippen molar-refractivity contribution in [2.45, 2.75) is 43.5 Å². The molecule has 3 rings (SSSR count). The molecule has 1 saturated heterocycles. The van der Waals surface area contributed by atoms with Crippen molar-refractivity contribution >= 4 is 36.6 Å². The second-order valence-corrected chi connectivity index (χ2v) is 8.89. The summed E-state index contributed by atoms with van der Waals surface area (Å²) in [5, 5.41) is 24.3. The summed E-state index contributed by atoms with van der Waals surface area (Å²) in [6.07, 6.45) is 0.191. The molecule has 5 N–H and O–H groups in total. The van der Waals surface area contributed by atoms with E-state index in [9.17, 15) is 14.8 Å². The molecule has 0 aliphatic carbocycles. The summed E-state index contributed by atoms with van der Waals surface area (Å²) >= 11 is 1.33. The topological polar surface area (TPSA) is 172 Å². The van der Waals surface area contributed by atoms with E-state index < -0.39 is 39.0 Å². The predicted octanol–water partition coefficient (Wildman–Crippen LogP) is 0.655. The Morgan fingerprint density at radius 1 is 1.37 bits per heavy atom. The second kappa shape index (κ2) is 9.28. The molecule has 14 heteroatoms. The number of aromatic nitrogens is 4. The molecule has 2 aromatic rings. The van der Waals surface area contributed by atoms with Gasteiger partial charge in [-0.1, -0.05) is 23.4 Å². The molecule has 1 aliphatic heterocycles. The molecule has 2 aromatic heterocycles. The number of nitrogens with one attached hydrogen (secondary N) is 1. The van der Waals surface area contributed by atoms with Gasteiger partial charge in [0.25, 0.3) is 0 Å². The first-order chi connectivity index (χ1) is 14.1. The molecule has 0 saturated carbocycles. The molecule has 0 radical (unpaired) electrons. The highest BCUT2D eigenvalue weighted by atomic mass is 32.2. The van der Waals surface area contributed by atoms with Crippen molar-refractivity contribution in [3.63, 3.8) is 0 Å². The number of ether oxygens (including phenoxy) is 1. The lowest BCUT2D eigenvalue weighted by Crippen LogP contribution is -2.33. The van der Waals surface area contributed by atoms with E-state index in [2.05, 4.69) is 24.8 Å². The Bertz CT molecular complexity index is 976. The summed E-state index contributed by atoms with van der Waals surface area (Å²) in [7, 11) is -4.75. The summed E-state index contributed by atoms with van der Waals surface area (Å²) in [5.74, 6) is 0.509. The lowest BCUT2D eigenvalue weighted by atomic mass is 10.1. The van der Waals surface area contributed by atoms with Gasteiger partial charge in [0.1, 0.15) is 18.3 Å². The standard InChI is InChI=1S/C16H24N5O7PS/c1-8(2)4-5-17-13-10-14(20-16(19-13)30-3)21(7-18-10)15-12(23)11(22)9(28-15)6-27-29(24,25)26/h4,7,9,11-12,15,22-23H,5-6H2,1-3H3,(H,17,19,20)(H2,24,25,26)/t9-,11-,12-,15-/m1/s1. The van der Waals surface area contributed by atoms with Crippen LogP contribution < -0.4 is 5.32 Å². The minimum Gasteiger partial charge on any atom is -0.387 e. The third-order valence-corrected chi connectivity index (χ3v) is 5.41. The van der Waals surface area contributed by atoms with Crippen LogP contribution in [0, 0.1) is 0 Å². The Balaban J connectivity index is 1.90. The minimum atomic E-state index is -4.75. The van der Waals surface area contributed by atoms with Gasteiger partial charge in [-0.25, -0.2) is 19.5 Å². The van der Waals surface area contributed by atoms with E-state index >= 15 is 0 Å². The molecule has 0 bridgehead atoms. The van der Waals surface area contributed by atoms with Crippen molar-refractivity contribution in [1.82, 2.24) is 19.5 Å². The number of thioether (sulfide) groups is 1. The maximum Gasteiger partial charge on any atom is 0.469 e. The number of hydrogen-bond acceptors (Lipinski definition) is 10. The number of allylic oxidation sites excluding steroid dienone is 1. The number of phosphoric ester groups is 1. The third kappa shape index (κ3) is 5.18. The lowest BCUT2D eigenvalue weighted by Gasteiger charge is -2.17. The van der Waals surface area contributed by atoms with Gasteiger partial charge in [0.2, 0.25) is 0 Å². The van der Waals surface area contributed by atoms with Gasteiger partial charge in [-0.2, -0.15) is 0 Å². The number of aliphatic hydroxyl groups is 2. The molecule has 1 fully saturated rings. The second-order valence-electron chi connectivity index (χ2n) is 6.88. The Morgan fingerprint density at radius 2 is 2.10 bits per heavy atom. The molecule has 0 spiro atoms. The van der Waals surface area contributed by atoms with Gasteiger partial charge in [0, 0.05) is 6.54 Å². The molecule has 166 valence electrons. The summed E-state index contributed by atoms with van der Waals surface area (Å²) in [5.41, 5.74) is 1.97. The molecule has 3 heterocycles.